The molecule has 0 radical (unpaired) electrons. The van der Waals surface area contributed by atoms with Gasteiger partial charge in [0, 0.05) is 0 Å². The van der Waals surface area contributed by atoms with Gasteiger partial charge >= 0.3 is 6.09 Å². The average Bonchev–Trinajstić information content (AvgIpc) is 2.36. The molecule has 1 aromatic rings. The van der Waals surface area contributed by atoms with Crippen molar-refractivity contribution < 1.29 is 14.3 Å². The van der Waals surface area contributed by atoms with Crippen LogP contribution >= 0.6 is 0 Å². The lowest BCUT2D eigenvalue weighted by Crippen LogP contribution is -2.46. The van der Waals surface area contributed by atoms with E-state index in [2.05, 4.69) is 5.32 Å². The Kier molecular flexibility index (Phi) is 5.44. The minimum Gasteiger partial charge on any atom is -0.444 e. The Morgan fingerprint density at radius 2 is 2.10 bits per heavy atom. The minimum absolute atomic E-state index is 0.226. The van der Waals surface area contributed by atoms with Gasteiger partial charge in [0.15, 0.2) is 0 Å². The fourth-order valence-corrected chi connectivity index (χ4v) is 1.61. The summed E-state index contributed by atoms with van der Waals surface area (Å²) in [6, 6.07) is 7.91. The van der Waals surface area contributed by atoms with Crippen molar-refractivity contribution in [2.75, 3.05) is 0 Å². The maximum Gasteiger partial charge on any atom is 0.414 e. The lowest BCUT2D eigenvalue weighted by molar-refractivity contribution is -0.121. The molecule has 0 heterocycles. The summed E-state index contributed by atoms with van der Waals surface area (Å²) in [5.41, 5.74) is 6.31. The predicted molar refractivity (Wildman–Crippen MR) is 77.2 cm³/mol. The number of amides is 2. The molecule has 3 N–H and O–H groups in total. The lowest BCUT2D eigenvalue weighted by atomic mass is 10.0. The zero-order valence-electron chi connectivity index (χ0n) is 12.3. The van der Waals surface area contributed by atoms with E-state index in [0.29, 0.717) is 5.56 Å². The molecular formula is C15H19N3O3. The summed E-state index contributed by atoms with van der Waals surface area (Å²) in [5.74, 6) is -0.619. The summed E-state index contributed by atoms with van der Waals surface area (Å²) in [5, 5.41) is 10.9. The van der Waals surface area contributed by atoms with Crippen LogP contribution in [0.2, 0.25) is 0 Å². The zero-order chi connectivity index (χ0) is 16.0. The predicted octanol–water partition coefficient (Wildman–Crippen LogP) is 1.48. The molecule has 0 saturated carbocycles. The molecule has 1 aromatic carbocycles. The molecule has 2 amide bonds. The van der Waals surface area contributed by atoms with Gasteiger partial charge in [-0.05, 0) is 44.9 Å². The number of alkyl carbamates (subject to hydrolysis) is 1. The molecule has 0 bridgehead atoms. The highest BCUT2D eigenvalue weighted by Gasteiger charge is 2.21. The highest BCUT2D eigenvalue weighted by molar-refractivity contribution is 5.94. The van der Waals surface area contributed by atoms with Gasteiger partial charge in [-0.25, -0.2) is 4.79 Å². The number of nitrogens with two attached hydrogens (primary N) is 1. The van der Waals surface area contributed by atoms with Crippen LogP contribution in [0.4, 0.5) is 4.79 Å². The van der Waals surface area contributed by atoms with Crippen LogP contribution in [-0.4, -0.2) is 23.6 Å². The normalized spacial score (nSPS) is 12.1. The second-order valence-corrected chi connectivity index (χ2v) is 5.61. The van der Waals surface area contributed by atoms with Crippen molar-refractivity contribution in [1.29, 1.82) is 5.26 Å². The number of carbonyl (C=O) groups excluding carboxylic acids is 2. The van der Waals surface area contributed by atoms with Crippen molar-refractivity contribution >= 4 is 12.0 Å². The third-order valence-corrected chi connectivity index (χ3v) is 2.47. The van der Waals surface area contributed by atoms with E-state index < -0.39 is 23.6 Å². The van der Waals surface area contributed by atoms with Crippen LogP contribution in [0.1, 0.15) is 31.9 Å². The second-order valence-electron chi connectivity index (χ2n) is 5.61. The molecule has 0 unspecified atom stereocenters. The first-order chi connectivity index (χ1) is 9.71. The monoisotopic (exact) mass is 289 g/mol. The largest absolute Gasteiger partial charge is 0.444 e. The Hall–Kier alpha value is -2.39. The van der Waals surface area contributed by atoms with Gasteiger partial charge in [0.05, 0.1) is 17.7 Å². The number of nitrogens with one attached hydrogen (secondary N) is 1. The molecule has 6 nitrogen and oxygen atoms in total. The Morgan fingerprint density at radius 1 is 1.43 bits per heavy atom. The maximum absolute atomic E-state index is 11.8. The molecule has 0 aliphatic heterocycles. The Morgan fingerprint density at radius 3 is 2.67 bits per heavy atom. The van der Waals surface area contributed by atoms with E-state index in [0.717, 1.165) is 5.56 Å². The van der Waals surface area contributed by atoms with Crippen LogP contribution in [0, 0.1) is 11.3 Å². The van der Waals surface area contributed by atoms with Gasteiger partial charge in [-0.2, -0.15) is 5.26 Å². The molecule has 0 aliphatic rings. The highest BCUT2D eigenvalue weighted by atomic mass is 16.6. The van der Waals surface area contributed by atoms with E-state index in [1.807, 2.05) is 6.07 Å². The zero-order valence-corrected chi connectivity index (χ0v) is 12.3. The van der Waals surface area contributed by atoms with Crippen LogP contribution in [0.25, 0.3) is 0 Å². The fourth-order valence-electron chi connectivity index (χ4n) is 1.61. The number of imide groups is 1. The first-order valence-electron chi connectivity index (χ1n) is 6.50. The smallest absolute Gasteiger partial charge is 0.414 e. The maximum atomic E-state index is 11.8. The minimum atomic E-state index is -0.897. The highest BCUT2D eigenvalue weighted by Crippen LogP contribution is 2.08. The van der Waals surface area contributed by atoms with Crippen molar-refractivity contribution in [3.8, 4) is 6.07 Å². The molecule has 0 saturated heterocycles. The van der Waals surface area contributed by atoms with Gasteiger partial charge in [-0.1, -0.05) is 12.1 Å². The van der Waals surface area contributed by atoms with Crippen LogP contribution in [0.15, 0.2) is 24.3 Å². The van der Waals surface area contributed by atoms with Gasteiger partial charge in [0.2, 0.25) is 5.91 Å². The molecule has 112 valence electrons. The molecule has 1 rings (SSSR count). The van der Waals surface area contributed by atoms with E-state index in [4.69, 9.17) is 15.7 Å². The Labute approximate surface area is 123 Å². The molecule has 0 aliphatic carbocycles. The van der Waals surface area contributed by atoms with Crippen molar-refractivity contribution in [1.82, 2.24) is 5.32 Å². The van der Waals surface area contributed by atoms with E-state index >= 15 is 0 Å². The molecular weight excluding hydrogens is 270 g/mol. The summed E-state index contributed by atoms with van der Waals surface area (Å²) in [6.45, 7) is 5.10. The number of benzene rings is 1. The summed E-state index contributed by atoms with van der Waals surface area (Å²) in [6.07, 6.45) is -0.599. The van der Waals surface area contributed by atoms with Gasteiger partial charge < -0.3 is 10.5 Å². The first kappa shape index (κ1) is 16.7. The summed E-state index contributed by atoms with van der Waals surface area (Å²) in [4.78, 5) is 23.3. The van der Waals surface area contributed by atoms with E-state index in [-0.39, 0.29) is 6.42 Å². The van der Waals surface area contributed by atoms with Gasteiger partial charge in [0.25, 0.3) is 0 Å². The van der Waals surface area contributed by atoms with Crippen molar-refractivity contribution in [3.05, 3.63) is 35.4 Å². The summed E-state index contributed by atoms with van der Waals surface area (Å²) >= 11 is 0. The van der Waals surface area contributed by atoms with Gasteiger partial charge in [-0.15, -0.1) is 0 Å². The topological polar surface area (TPSA) is 105 Å². The van der Waals surface area contributed by atoms with E-state index in [1.165, 1.54) is 0 Å². The van der Waals surface area contributed by atoms with Crippen LogP contribution in [-0.2, 0) is 16.0 Å². The second kappa shape index (κ2) is 6.86. The number of rotatable bonds is 3. The molecule has 6 heteroatoms. The molecule has 21 heavy (non-hydrogen) atoms. The first-order valence-corrected chi connectivity index (χ1v) is 6.50. The van der Waals surface area contributed by atoms with Gasteiger partial charge in [-0.3, -0.25) is 10.1 Å². The Balaban J connectivity index is 2.59. The van der Waals surface area contributed by atoms with Crippen LogP contribution < -0.4 is 11.1 Å². The summed E-state index contributed by atoms with van der Waals surface area (Å²) in [7, 11) is 0. The Bertz CT molecular complexity index is 570. The van der Waals surface area contributed by atoms with Crippen molar-refractivity contribution in [3.63, 3.8) is 0 Å². The third kappa shape index (κ3) is 6.06. The lowest BCUT2D eigenvalue weighted by Gasteiger charge is -2.20. The quantitative estimate of drug-likeness (QED) is 0.876. The van der Waals surface area contributed by atoms with E-state index in [9.17, 15) is 9.59 Å². The number of nitrogens with zero attached hydrogens (tertiary/aromatic N) is 1. The molecule has 1 atom stereocenters. The number of hydrogen-bond acceptors (Lipinski definition) is 5. The number of hydrogen-bond donors (Lipinski definition) is 2. The molecule has 0 spiro atoms. The van der Waals surface area contributed by atoms with E-state index in [1.54, 1.807) is 45.0 Å². The standard InChI is InChI=1S/C15H19N3O3/c1-15(2,3)21-14(20)18-13(19)12(17)8-10-5-4-6-11(7-10)9-16/h4-7,12H,8,17H2,1-3H3,(H,18,19,20)/t12-/m0/s1. The van der Waals surface area contributed by atoms with Crippen LogP contribution in [0.5, 0.6) is 0 Å². The van der Waals surface area contributed by atoms with Gasteiger partial charge in [0.1, 0.15) is 5.60 Å². The van der Waals surface area contributed by atoms with Crippen molar-refractivity contribution in [2.45, 2.75) is 38.8 Å². The van der Waals surface area contributed by atoms with Crippen LogP contribution in [0.3, 0.4) is 0 Å². The number of carbonyl (C=O) groups is 2. The number of nitriles is 1. The molecule has 0 fully saturated rings. The number of ether oxygens (including phenoxy) is 1. The SMILES string of the molecule is CC(C)(C)OC(=O)NC(=O)[C@@H](N)Cc1cccc(C#N)c1. The van der Waals surface area contributed by atoms with Crippen molar-refractivity contribution in [2.24, 2.45) is 5.73 Å². The summed E-state index contributed by atoms with van der Waals surface area (Å²) < 4.78 is 4.98. The fraction of sp³-hybridized carbons (Fsp3) is 0.400. The average molecular weight is 289 g/mol. The third-order valence-electron chi connectivity index (χ3n) is 2.47. The molecule has 0 aromatic heterocycles.